The van der Waals surface area contributed by atoms with Gasteiger partial charge >= 0.3 is 6.03 Å². The van der Waals surface area contributed by atoms with Crippen LogP contribution in [0.15, 0.2) is 24.3 Å². The monoisotopic (exact) mass is 260 g/mol. The third-order valence-corrected chi connectivity index (χ3v) is 3.78. The van der Waals surface area contributed by atoms with Gasteiger partial charge in [0.2, 0.25) is 0 Å². The van der Waals surface area contributed by atoms with Gasteiger partial charge in [-0.05, 0) is 16.5 Å². The molecule has 1 aliphatic heterocycles. The van der Waals surface area contributed by atoms with Crippen LogP contribution in [0.4, 0.5) is 4.79 Å². The summed E-state index contributed by atoms with van der Waals surface area (Å²) in [5.41, 5.74) is 2.90. The molecule has 0 saturated carbocycles. The van der Waals surface area contributed by atoms with Gasteiger partial charge < -0.3 is 9.80 Å². The van der Waals surface area contributed by atoms with Gasteiger partial charge in [0.1, 0.15) is 0 Å². The van der Waals surface area contributed by atoms with Crippen molar-refractivity contribution in [3.8, 4) is 0 Å². The molecule has 104 valence electrons. The van der Waals surface area contributed by atoms with E-state index in [0.717, 1.165) is 13.1 Å². The lowest BCUT2D eigenvalue weighted by Gasteiger charge is -2.41. The SMILES string of the molecule is CN(C)C(=O)N1CC(c2ccc(C(C)(C)C)cc2)C1. The van der Waals surface area contributed by atoms with Gasteiger partial charge in [0, 0.05) is 33.1 Å². The molecule has 0 aliphatic carbocycles. The number of likely N-dealkylation sites (tertiary alicyclic amines) is 1. The highest BCUT2D eigenvalue weighted by atomic mass is 16.2. The summed E-state index contributed by atoms with van der Waals surface area (Å²) >= 11 is 0. The molecule has 19 heavy (non-hydrogen) atoms. The molecule has 3 heteroatoms. The fraction of sp³-hybridized carbons (Fsp3) is 0.562. The lowest BCUT2D eigenvalue weighted by atomic mass is 9.84. The summed E-state index contributed by atoms with van der Waals surface area (Å²) < 4.78 is 0. The maximum Gasteiger partial charge on any atom is 0.319 e. The van der Waals surface area contributed by atoms with E-state index in [-0.39, 0.29) is 11.4 Å². The van der Waals surface area contributed by atoms with E-state index in [1.807, 2.05) is 4.90 Å². The standard InChI is InChI=1S/C16H24N2O/c1-16(2,3)14-8-6-12(7-9-14)13-10-18(11-13)15(19)17(4)5/h6-9,13H,10-11H2,1-5H3. The van der Waals surface area contributed by atoms with Crippen LogP contribution in [-0.4, -0.2) is 43.0 Å². The number of rotatable bonds is 1. The number of amides is 2. The molecular weight excluding hydrogens is 236 g/mol. The molecule has 0 radical (unpaired) electrons. The molecule has 1 heterocycles. The molecule has 2 rings (SSSR count). The third kappa shape index (κ3) is 2.91. The predicted molar refractivity (Wildman–Crippen MR) is 78.5 cm³/mol. The summed E-state index contributed by atoms with van der Waals surface area (Å²) in [6.07, 6.45) is 0. The van der Waals surface area contributed by atoms with Crippen molar-refractivity contribution in [1.29, 1.82) is 0 Å². The van der Waals surface area contributed by atoms with E-state index in [1.54, 1.807) is 19.0 Å². The van der Waals surface area contributed by atoms with Crippen molar-refractivity contribution in [2.75, 3.05) is 27.2 Å². The number of nitrogens with zero attached hydrogens (tertiary/aromatic N) is 2. The average Bonchev–Trinajstić information content (AvgIpc) is 2.26. The molecule has 1 aliphatic rings. The quantitative estimate of drug-likeness (QED) is 0.761. The first-order valence-corrected chi connectivity index (χ1v) is 6.85. The van der Waals surface area contributed by atoms with E-state index >= 15 is 0 Å². The smallest absolute Gasteiger partial charge is 0.319 e. The summed E-state index contributed by atoms with van der Waals surface area (Å²) in [4.78, 5) is 15.3. The second-order valence-corrected chi connectivity index (χ2v) is 6.65. The minimum atomic E-state index is 0.113. The minimum absolute atomic E-state index is 0.113. The number of hydrogen-bond donors (Lipinski definition) is 0. The van der Waals surface area contributed by atoms with Crippen LogP contribution in [0.3, 0.4) is 0 Å². The number of hydrogen-bond acceptors (Lipinski definition) is 1. The van der Waals surface area contributed by atoms with Gasteiger partial charge in [-0.15, -0.1) is 0 Å². The zero-order valence-electron chi connectivity index (χ0n) is 12.6. The van der Waals surface area contributed by atoms with Crippen molar-refractivity contribution in [2.24, 2.45) is 0 Å². The zero-order valence-corrected chi connectivity index (χ0v) is 12.6. The molecule has 1 saturated heterocycles. The second-order valence-electron chi connectivity index (χ2n) is 6.65. The summed E-state index contributed by atoms with van der Waals surface area (Å²) in [7, 11) is 3.60. The van der Waals surface area contributed by atoms with Gasteiger partial charge in [-0.1, -0.05) is 45.0 Å². The molecule has 1 fully saturated rings. The Morgan fingerprint density at radius 3 is 2.11 bits per heavy atom. The largest absolute Gasteiger partial charge is 0.331 e. The van der Waals surface area contributed by atoms with Crippen LogP contribution >= 0.6 is 0 Å². The highest BCUT2D eigenvalue weighted by molar-refractivity contribution is 5.75. The van der Waals surface area contributed by atoms with E-state index in [2.05, 4.69) is 45.0 Å². The first-order chi connectivity index (χ1) is 8.79. The molecule has 0 atom stereocenters. The van der Waals surface area contributed by atoms with E-state index in [4.69, 9.17) is 0 Å². The Bertz CT molecular complexity index is 451. The van der Waals surface area contributed by atoms with E-state index < -0.39 is 0 Å². The lowest BCUT2D eigenvalue weighted by Crippen LogP contribution is -2.52. The Labute approximate surface area is 116 Å². The minimum Gasteiger partial charge on any atom is -0.331 e. The molecule has 0 unspecified atom stereocenters. The molecule has 3 nitrogen and oxygen atoms in total. The predicted octanol–water partition coefficient (Wildman–Crippen LogP) is 3.06. The molecule has 2 amide bonds. The molecule has 1 aromatic rings. The van der Waals surface area contributed by atoms with Crippen molar-refractivity contribution in [1.82, 2.24) is 9.80 Å². The number of carbonyl (C=O) groups excluding carboxylic acids is 1. The zero-order chi connectivity index (χ0) is 14.2. The van der Waals surface area contributed by atoms with Crippen molar-refractivity contribution >= 4 is 6.03 Å². The average molecular weight is 260 g/mol. The Hall–Kier alpha value is -1.51. The van der Waals surface area contributed by atoms with E-state index in [9.17, 15) is 4.79 Å². The van der Waals surface area contributed by atoms with Crippen molar-refractivity contribution in [3.63, 3.8) is 0 Å². The van der Waals surface area contributed by atoms with Crippen molar-refractivity contribution in [2.45, 2.75) is 32.1 Å². The van der Waals surface area contributed by atoms with Crippen LogP contribution in [0, 0.1) is 0 Å². The summed E-state index contributed by atoms with van der Waals surface area (Å²) in [5, 5.41) is 0. The van der Waals surface area contributed by atoms with Gasteiger partial charge in [0.05, 0.1) is 0 Å². The number of urea groups is 1. The normalized spacial score (nSPS) is 16.2. The first-order valence-electron chi connectivity index (χ1n) is 6.85. The molecule has 1 aromatic carbocycles. The molecule has 0 spiro atoms. The molecule has 0 N–H and O–H groups in total. The first kappa shape index (κ1) is 13.9. The Kier molecular flexibility index (Phi) is 3.57. The van der Waals surface area contributed by atoms with Crippen LogP contribution in [0.1, 0.15) is 37.8 Å². The topological polar surface area (TPSA) is 23.6 Å². The fourth-order valence-electron chi connectivity index (χ4n) is 2.38. The maximum atomic E-state index is 11.7. The van der Waals surface area contributed by atoms with Crippen LogP contribution in [-0.2, 0) is 5.41 Å². The van der Waals surface area contributed by atoms with Crippen molar-refractivity contribution < 1.29 is 4.79 Å². The van der Waals surface area contributed by atoms with Gasteiger partial charge in [-0.25, -0.2) is 4.79 Å². The molecule has 0 bridgehead atoms. The van der Waals surface area contributed by atoms with Crippen LogP contribution in [0.25, 0.3) is 0 Å². The highest BCUT2D eigenvalue weighted by Gasteiger charge is 2.32. The Balaban J connectivity index is 1.97. The molecular formula is C16H24N2O. The second kappa shape index (κ2) is 4.87. The van der Waals surface area contributed by atoms with Crippen LogP contribution in [0.5, 0.6) is 0 Å². The number of carbonyl (C=O) groups is 1. The Morgan fingerprint density at radius 1 is 1.16 bits per heavy atom. The summed E-state index contributed by atoms with van der Waals surface area (Å²) in [6, 6.07) is 8.96. The molecule has 0 aromatic heterocycles. The van der Waals surface area contributed by atoms with Crippen LogP contribution < -0.4 is 0 Å². The van der Waals surface area contributed by atoms with Gasteiger partial charge in [-0.3, -0.25) is 0 Å². The third-order valence-electron chi connectivity index (χ3n) is 3.78. The summed E-state index contributed by atoms with van der Waals surface area (Å²) in [6.45, 7) is 8.35. The highest BCUT2D eigenvalue weighted by Crippen LogP contribution is 2.29. The fourth-order valence-corrected chi connectivity index (χ4v) is 2.38. The summed E-state index contributed by atoms with van der Waals surface area (Å²) in [5.74, 6) is 0.498. The van der Waals surface area contributed by atoms with Gasteiger partial charge in [0.15, 0.2) is 0 Å². The maximum absolute atomic E-state index is 11.7. The van der Waals surface area contributed by atoms with Gasteiger partial charge in [0.25, 0.3) is 0 Å². The van der Waals surface area contributed by atoms with E-state index in [1.165, 1.54) is 11.1 Å². The Morgan fingerprint density at radius 2 is 1.68 bits per heavy atom. The van der Waals surface area contributed by atoms with Crippen molar-refractivity contribution in [3.05, 3.63) is 35.4 Å². The number of benzene rings is 1. The van der Waals surface area contributed by atoms with Gasteiger partial charge in [-0.2, -0.15) is 0 Å². The van der Waals surface area contributed by atoms with E-state index in [0.29, 0.717) is 5.92 Å². The van der Waals surface area contributed by atoms with Crippen LogP contribution in [0.2, 0.25) is 0 Å². The lowest BCUT2D eigenvalue weighted by molar-refractivity contribution is 0.128.